The minimum Gasteiger partial charge on any atom is -0.468 e. The van der Waals surface area contributed by atoms with Crippen molar-refractivity contribution < 1.29 is 14.2 Å². The number of hydrogen-bond donors (Lipinski definition) is 0. The van der Waals surface area contributed by atoms with E-state index >= 15 is 0 Å². The molecule has 0 aliphatic carbocycles. The molecule has 0 aliphatic heterocycles. The summed E-state index contributed by atoms with van der Waals surface area (Å²) in [4.78, 5) is 13.0. The first kappa shape index (κ1) is 11.6. The van der Waals surface area contributed by atoms with Crippen LogP contribution in [-0.2, 0) is 16.1 Å². The number of esters is 1. The molecule has 0 fully saturated rings. The molecule has 84 valence electrons. The number of carbonyl (C=O) groups excluding carboxylic acids is 1. The fourth-order valence-corrected chi connectivity index (χ4v) is 1.13. The molecule has 0 radical (unpaired) electrons. The molecular formula is C9H15N3O3. The van der Waals surface area contributed by atoms with Crippen LogP contribution in [0.3, 0.4) is 0 Å². The Morgan fingerprint density at radius 2 is 2.27 bits per heavy atom. The molecule has 0 aromatic carbocycles. The summed E-state index contributed by atoms with van der Waals surface area (Å²) in [5, 5.41) is 7.43. The largest absolute Gasteiger partial charge is 0.468 e. The standard InChI is InChI=1S/C9H15N3O3/c1-4-12(6-9(13)14-3)5-8-7(2)10-15-11-8/h4-6H2,1-3H3. The van der Waals surface area contributed by atoms with Crippen LogP contribution < -0.4 is 0 Å². The Morgan fingerprint density at radius 1 is 1.53 bits per heavy atom. The summed E-state index contributed by atoms with van der Waals surface area (Å²) >= 11 is 0. The second-order valence-corrected chi connectivity index (χ2v) is 3.18. The molecule has 0 amide bonds. The van der Waals surface area contributed by atoms with E-state index in [2.05, 4.69) is 19.7 Å². The Hall–Kier alpha value is -1.43. The summed E-state index contributed by atoms with van der Waals surface area (Å²) in [7, 11) is 1.37. The summed E-state index contributed by atoms with van der Waals surface area (Å²) in [6.45, 7) is 5.31. The van der Waals surface area contributed by atoms with Gasteiger partial charge in [-0.05, 0) is 13.5 Å². The van der Waals surface area contributed by atoms with Crippen molar-refractivity contribution in [2.24, 2.45) is 0 Å². The van der Waals surface area contributed by atoms with E-state index in [9.17, 15) is 4.79 Å². The lowest BCUT2D eigenvalue weighted by Gasteiger charge is -2.16. The minimum absolute atomic E-state index is 0.249. The second kappa shape index (κ2) is 5.45. The molecule has 0 spiro atoms. The molecule has 1 aromatic heterocycles. The van der Waals surface area contributed by atoms with Crippen LogP contribution >= 0.6 is 0 Å². The average molecular weight is 213 g/mol. The zero-order valence-corrected chi connectivity index (χ0v) is 9.19. The topological polar surface area (TPSA) is 68.5 Å². The van der Waals surface area contributed by atoms with Gasteiger partial charge in [0.1, 0.15) is 11.4 Å². The van der Waals surface area contributed by atoms with Crippen molar-refractivity contribution in [1.29, 1.82) is 0 Å². The van der Waals surface area contributed by atoms with Gasteiger partial charge in [-0.1, -0.05) is 17.2 Å². The normalized spacial score (nSPS) is 10.7. The van der Waals surface area contributed by atoms with E-state index < -0.39 is 0 Å². The van der Waals surface area contributed by atoms with Gasteiger partial charge in [0.2, 0.25) is 0 Å². The first-order valence-corrected chi connectivity index (χ1v) is 4.74. The summed E-state index contributed by atoms with van der Waals surface area (Å²) < 4.78 is 9.17. The highest BCUT2D eigenvalue weighted by molar-refractivity contribution is 5.71. The summed E-state index contributed by atoms with van der Waals surface area (Å²) in [5.74, 6) is -0.258. The number of aromatic nitrogens is 2. The fourth-order valence-electron chi connectivity index (χ4n) is 1.13. The molecule has 0 saturated heterocycles. The molecule has 0 bridgehead atoms. The maximum atomic E-state index is 11.1. The van der Waals surface area contributed by atoms with Gasteiger partial charge in [-0.2, -0.15) is 0 Å². The van der Waals surface area contributed by atoms with Crippen LogP contribution in [0.5, 0.6) is 0 Å². The van der Waals surface area contributed by atoms with Crippen LogP contribution in [0.1, 0.15) is 18.3 Å². The highest BCUT2D eigenvalue weighted by atomic mass is 16.6. The van der Waals surface area contributed by atoms with Gasteiger partial charge in [-0.15, -0.1) is 0 Å². The van der Waals surface area contributed by atoms with Gasteiger partial charge in [0, 0.05) is 6.54 Å². The lowest BCUT2D eigenvalue weighted by Crippen LogP contribution is -2.30. The number of rotatable bonds is 5. The number of likely N-dealkylation sites (N-methyl/N-ethyl adjacent to an activating group) is 1. The molecule has 0 atom stereocenters. The van der Waals surface area contributed by atoms with E-state index in [-0.39, 0.29) is 12.5 Å². The van der Waals surface area contributed by atoms with Crippen molar-refractivity contribution in [2.75, 3.05) is 20.2 Å². The lowest BCUT2D eigenvalue weighted by atomic mass is 10.3. The Labute approximate surface area is 88.2 Å². The third-order valence-electron chi connectivity index (χ3n) is 2.15. The van der Waals surface area contributed by atoms with Crippen molar-refractivity contribution >= 4 is 5.97 Å². The minimum atomic E-state index is -0.258. The van der Waals surface area contributed by atoms with Gasteiger partial charge in [0.05, 0.1) is 13.7 Å². The second-order valence-electron chi connectivity index (χ2n) is 3.18. The summed E-state index contributed by atoms with van der Waals surface area (Å²) in [6.07, 6.45) is 0. The van der Waals surface area contributed by atoms with Crippen LogP contribution in [0.25, 0.3) is 0 Å². The van der Waals surface area contributed by atoms with Crippen LogP contribution in [-0.4, -0.2) is 41.4 Å². The van der Waals surface area contributed by atoms with Crippen LogP contribution in [0.2, 0.25) is 0 Å². The SMILES string of the molecule is CCN(CC(=O)OC)Cc1nonc1C. The monoisotopic (exact) mass is 213 g/mol. The molecule has 0 unspecified atom stereocenters. The molecule has 0 aliphatic rings. The smallest absolute Gasteiger partial charge is 0.319 e. The number of hydrogen-bond acceptors (Lipinski definition) is 6. The molecule has 1 heterocycles. The Morgan fingerprint density at radius 3 is 2.73 bits per heavy atom. The summed E-state index contributed by atoms with van der Waals surface area (Å²) in [5.41, 5.74) is 1.50. The lowest BCUT2D eigenvalue weighted by molar-refractivity contribution is -0.142. The van der Waals surface area contributed by atoms with Crippen molar-refractivity contribution in [3.63, 3.8) is 0 Å². The maximum Gasteiger partial charge on any atom is 0.319 e. The van der Waals surface area contributed by atoms with Gasteiger partial charge in [-0.3, -0.25) is 9.69 Å². The molecule has 15 heavy (non-hydrogen) atoms. The average Bonchev–Trinajstić information content (AvgIpc) is 2.63. The van der Waals surface area contributed by atoms with Crippen molar-refractivity contribution in [3.8, 4) is 0 Å². The molecular weight excluding hydrogens is 198 g/mol. The number of carbonyl (C=O) groups is 1. The fraction of sp³-hybridized carbons (Fsp3) is 0.667. The molecule has 0 N–H and O–H groups in total. The maximum absolute atomic E-state index is 11.1. The van der Waals surface area contributed by atoms with Crippen LogP contribution in [0, 0.1) is 6.92 Å². The predicted octanol–water partition coefficient (Wildman–Crippen LogP) is 0.373. The molecule has 6 nitrogen and oxygen atoms in total. The third kappa shape index (κ3) is 3.32. The zero-order chi connectivity index (χ0) is 11.3. The Balaban J connectivity index is 2.54. The van der Waals surface area contributed by atoms with Crippen LogP contribution in [0.15, 0.2) is 4.63 Å². The molecule has 6 heteroatoms. The Kier molecular flexibility index (Phi) is 4.23. The van der Waals surface area contributed by atoms with Crippen LogP contribution in [0.4, 0.5) is 0 Å². The van der Waals surface area contributed by atoms with Gasteiger partial charge >= 0.3 is 5.97 Å². The van der Waals surface area contributed by atoms with Crippen molar-refractivity contribution in [3.05, 3.63) is 11.4 Å². The van der Waals surface area contributed by atoms with E-state index in [1.54, 1.807) is 0 Å². The van der Waals surface area contributed by atoms with E-state index in [4.69, 9.17) is 0 Å². The van der Waals surface area contributed by atoms with E-state index in [0.29, 0.717) is 6.54 Å². The number of methoxy groups -OCH3 is 1. The first-order valence-electron chi connectivity index (χ1n) is 4.74. The third-order valence-corrected chi connectivity index (χ3v) is 2.15. The number of ether oxygens (including phenoxy) is 1. The predicted molar refractivity (Wildman–Crippen MR) is 52.0 cm³/mol. The van der Waals surface area contributed by atoms with Gasteiger partial charge in [-0.25, -0.2) is 4.63 Å². The Bertz CT molecular complexity index is 324. The molecule has 1 aromatic rings. The first-order chi connectivity index (χ1) is 7.17. The van der Waals surface area contributed by atoms with E-state index in [1.807, 2.05) is 18.7 Å². The molecule has 1 rings (SSSR count). The van der Waals surface area contributed by atoms with Gasteiger partial charge < -0.3 is 4.74 Å². The van der Waals surface area contributed by atoms with Crippen molar-refractivity contribution in [1.82, 2.24) is 15.2 Å². The summed E-state index contributed by atoms with van der Waals surface area (Å²) in [6, 6.07) is 0. The van der Waals surface area contributed by atoms with E-state index in [1.165, 1.54) is 7.11 Å². The zero-order valence-electron chi connectivity index (χ0n) is 9.19. The molecule has 0 saturated carbocycles. The van der Waals surface area contributed by atoms with Crippen molar-refractivity contribution in [2.45, 2.75) is 20.4 Å². The van der Waals surface area contributed by atoms with Gasteiger partial charge in [0.15, 0.2) is 0 Å². The quantitative estimate of drug-likeness (QED) is 0.658. The highest BCUT2D eigenvalue weighted by Crippen LogP contribution is 2.05. The number of nitrogens with zero attached hydrogens (tertiary/aromatic N) is 3. The highest BCUT2D eigenvalue weighted by Gasteiger charge is 2.13. The van der Waals surface area contributed by atoms with Gasteiger partial charge in [0.25, 0.3) is 0 Å². The number of aryl methyl sites for hydroxylation is 1. The van der Waals surface area contributed by atoms with E-state index in [0.717, 1.165) is 17.9 Å².